The fourth-order valence-electron chi connectivity index (χ4n) is 3.18. The zero-order valence-electron chi connectivity index (χ0n) is 14.6. The van der Waals surface area contributed by atoms with Crippen molar-refractivity contribution in [3.05, 3.63) is 30.0 Å². The number of likely N-dealkylation sites (N-methyl/N-ethyl adjacent to an activating group) is 1. The Balaban J connectivity index is 1.48. The van der Waals surface area contributed by atoms with Crippen LogP contribution in [-0.2, 0) is 0 Å². The highest BCUT2D eigenvalue weighted by Gasteiger charge is 2.29. The maximum Gasteiger partial charge on any atom is 0.229 e. The van der Waals surface area contributed by atoms with E-state index in [9.17, 15) is 0 Å². The van der Waals surface area contributed by atoms with Gasteiger partial charge >= 0.3 is 0 Å². The molecule has 2 heterocycles. The Kier molecular flexibility index (Phi) is 4.09. The van der Waals surface area contributed by atoms with Crippen LogP contribution in [0.1, 0.15) is 24.5 Å². The van der Waals surface area contributed by atoms with E-state index in [2.05, 4.69) is 56.4 Å². The summed E-state index contributed by atoms with van der Waals surface area (Å²) in [5, 5.41) is 3.25. The maximum atomic E-state index is 6.01. The Hall–Kier alpha value is -2.54. The largest absolute Gasteiger partial charge is 0.394 e. The normalized spacial score (nSPS) is 18.4. The van der Waals surface area contributed by atoms with Crippen LogP contribution in [0.3, 0.4) is 0 Å². The second-order valence-corrected chi connectivity index (χ2v) is 6.97. The molecule has 2 aliphatic rings. The molecule has 0 bridgehead atoms. The highest BCUT2D eigenvalue weighted by atomic mass is 15.2. The number of nitrogen functional groups attached to an aromatic ring is 2. The molecule has 1 aliphatic carbocycles. The minimum Gasteiger partial charge on any atom is -0.394 e. The molecule has 0 radical (unpaired) electrons. The van der Waals surface area contributed by atoms with E-state index in [1.807, 2.05) is 0 Å². The third-order valence-electron chi connectivity index (χ3n) is 4.96. The molecule has 4 rings (SSSR count). The lowest BCUT2D eigenvalue weighted by molar-refractivity contribution is 0.313. The summed E-state index contributed by atoms with van der Waals surface area (Å²) < 4.78 is 0. The minimum absolute atomic E-state index is 0.355. The fourth-order valence-corrected chi connectivity index (χ4v) is 3.18. The molecule has 1 saturated heterocycles. The average Bonchev–Trinajstić information content (AvgIpc) is 3.44. The third-order valence-corrected chi connectivity index (χ3v) is 4.96. The second-order valence-electron chi connectivity index (χ2n) is 6.97. The van der Waals surface area contributed by atoms with Crippen LogP contribution in [0.5, 0.6) is 0 Å². The van der Waals surface area contributed by atoms with Gasteiger partial charge in [-0.25, -0.2) is 4.98 Å². The van der Waals surface area contributed by atoms with Gasteiger partial charge in [-0.1, -0.05) is 0 Å². The van der Waals surface area contributed by atoms with Gasteiger partial charge in [0.1, 0.15) is 0 Å². The molecule has 5 N–H and O–H groups in total. The summed E-state index contributed by atoms with van der Waals surface area (Å²) in [7, 11) is 2.17. The van der Waals surface area contributed by atoms with Crippen molar-refractivity contribution in [1.82, 2.24) is 14.9 Å². The highest BCUT2D eigenvalue weighted by molar-refractivity contribution is 5.67. The molecule has 7 heteroatoms. The van der Waals surface area contributed by atoms with E-state index in [1.165, 1.54) is 5.69 Å². The fraction of sp³-hybridized carbons (Fsp3) is 0.444. The maximum absolute atomic E-state index is 6.01. The second kappa shape index (κ2) is 6.40. The van der Waals surface area contributed by atoms with Crippen LogP contribution in [0, 0.1) is 0 Å². The van der Waals surface area contributed by atoms with Gasteiger partial charge < -0.3 is 26.6 Å². The molecule has 7 nitrogen and oxygen atoms in total. The molecule has 0 atom stereocenters. The van der Waals surface area contributed by atoms with E-state index in [0.717, 1.165) is 50.4 Å². The van der Waals surface area contributed by atoms with Gasteiger partial charge in [0.15, 0.2) is 5.82 Å². The zero-order chi connectivity index (χ0) is 17.4. The summed E-state index contributed by atoms with van der Waals surface area (Å²) in [6, 6.07) is 8.38. The van der Waals surface area contributed by atoms with E-state index in [-0.39, 0.29) is 0 Å². The molecule has 1 saturated carbocycles. The Morgan fingerprint density at radius 1 is 1.00 bits per heavy atom. The third kappa shape index (κ3) is 3.46. The quantitative estimate of drug-likeness (QED) is 0.784. The van der Waals surface area contributed by atoms with Crippen molar-refractivity contribution < 1.29 is 0 Å². The van der Waals surface area contributed by atoms with Crippen LogP contribution in [0.2, 0.25) is 0 Å². The van der Waals surface area contributed by atoms with Gasteiger partial charge in [0.2, 0.25) is 5.95 Å². The molecule has 25 heavy (non-hydrogen) atoms. The number of hydrogen-bond donors (Lipinski definition) is 3. The van der Waals surface area contributed by atoms with Crippen molar-refractivity contribution in [1.29, 1.82) is 0 Å². The van der Waals surface area contributed by atoms with Crippen LogP contribution < -0.4 is 21.7 Å². The molecule has 1 aromatic heterocycles. The Bertz CT molecular complexity index is 747. The van der Waals surface area contributed by atoms with Gasteiger partial charge in [-0.2, -0.15) is 4.98 Å². The van der Waals surface area contributed by atoms with E-state index in [4.69, 9.17) is 11.5 Å². The molecule has 2 fully saturated rings. The van der Waals surface area contributed by atoms with Crippen molar-refractivity contribution in [2.45, 2.75) is 18.8 Å². The number of piperazine rings is 1. The number of nitrogens with one attached hydrogen (secondary N) is 1. The monoisotopic (exact) mass is 339 g/mol. The summed E-state index contributed by atoms with van der Waals surface area (Å²) in [6.45, 7) is 4.32. The lowest BCUT2D eigenvalue weighted by atomic mass is 10.2. The van der Waals surface area contributed by atoms with E-state index in [1.54, 1.807) is 0 Å². The highest BCUT2D eigenvalue weighted by Crippen LogP contribution is 2.43. The molecule has 1 aromatic carbocycles. The van der Waals surface area contributed by atoms with Gasteiger partial charge in [0.05, 0.1) is 11.4 Å². The minimum atomic E-state index is 0.355. The predicted octanol–water partition coefficient (Wildman–Crippen LogP) is 2.01. The molecular formula is C18H25N7. The van der Waals surface area contributed by atoms with Crippen LogP contribution in [0.25, 0.3) is 0 Å². The van der Waals surface area contributed by atoms with Crippen LogP contribution >= 0.6 is 0 Å². The first-order valence-corrected chi connectivity index (χ1v) is 8.83. The first-order chi connectivity index (χ1) is 12.1. The molecule has 1 aliphatic heterocycles. The SMILES string of the molecule is CN1CCN(c2ccc(Nc3nc(N)c(N)c(C4CC4)n3)cc2)CC1. The van der Waals surface area contributed by atoms with Crippen molar-refractivity contribution in [2.75, 3.05) is 54.9 Å². The number of anilines is 5. The predicted molar refractivity (Wildman–Crippen MR) is 102 cm³/mol. The summed E-state index contributed by atoms with van der Waals surface area (Å²) in [5.74, 6) is 1.31. The average molecular weight is 339 g/mol. The van der Waals surface area contributed by atoms with Gasteiger partial charge in [-0.15, -0.1) is 0 Å². The van der Waals surface area contributed by atoms with Crippen molar-refractivity contribution in [3.8, 4) is 0 Å². The first-order valence-electron chi connectivity index (χ1n) is 8.83. The standard InChI is InChI=1S/C18H25N7/c1-24-8-10-25(11-9-24)14-6-4-13(5-7-14)21-18-22-16(12-2-3-12)15(19)17(20)23-18/h4-7,12H,2-3,8-11,19H2,1H3,(H3,20,21,22,23). The van der Waals surface area contributed by atoms with Gasteiger partial charge in [-0.3, -0.25) is 0 Å². The number of aromatic nitrogens is 2. The lowest BCUT2D eigenvalue weighted by Crippen LogP contribution is -2.44. The van der Waals surface area contributed by atoms with Crippen molar-refractivity contribution >= 4 is 28.8 Å². The van der Waals surface area contributed by atoms with Crippen LogP contribution in [-0.4, -0.2) is 48.1 Å². The van der Waals surface area contributed by atoms with Crippen molar-refractivity contribution in [3.63, 3.8) is 0 Å². The van der Waals surface area contributed by atoms with E-state index >= 15 is 0 Å². The molecule has 0 amide bonds. The molecular weight excluding hydrogens is 314 g/mol. The van der Waals surface area contributed by atoms with E-state index < -0.39 is 0 Å². The Labute approximate surface area is 148 Å². The molecule has 0 unspecified atom stereocenters. The first kappa shape index (κ1) is 16.0. The Morgan fingerprint density at radius 2 is 1.68 bits per heavy atom. The van der Waals surface area contributed by atoms with Gasteiger partial charge in [0, 0.05) is 43.5 Å². The summed E-state index contributed by atoms with van der Waals surface area (Å²) in [5.41, 5.74) is 15.6. The topological polar surface area (TPSA) is 96.3 Å². The Morgan fingerprint density at radius 3 is 2.32 bits per heavy atom. The van der Waals surface area contributed by atoms with Gasteiger partial charge in [-0.05, 0) is 44.2 Å². The number of nitrogens with zero attached hydrogens (tertiary/aromatic N) is 4. The number of nitrogens with two attached hydrogens (primary N) is 2. The van der Waals surface area contributed by atoms with Crippen LogP contribution in [0.4, 0.5) is 28.8 Å². The lowest BCUT2D eigenvalue weighted by Gasteiger charge is -2.34. The summed E-state index contributed by atoms with van der Waals surface area (Å²) in [4.78, 5) is 13.6. The number of rotatable bonds is 4. The molecule has 132 valence electrons. The van der Waals surface area contributed by atoms with E-state index in [0.29, 0.717) is 23.4 Å². The van der Waals surface area contributed by atoms with Crippen molar-refractivity contribution in [2.24, 2.45) is 0 Å². The zero-order valence-corrected chi connectivity index (χ0v) is 14.6. The smallest absolute Gasteiger partial charge is 0.229 e. The van der Waals surface area contributed by atoms with Gasteiger partial charge in [0.25, 0.3) is 0 Å². The molecule has 2 aromatic rings. The number of benzene rings is 1. The summed E-state index contributed by atoms with van der Waals surface area (Å²) >= 11 is 0. The summed E-state index contributed by atoms with van der Waals surface area (Å²) in [6.07, 6.45) is 2.25. The van der Waals surface area contributed by atoms with Crippen LogP contribution in [0.15, 0.2) is 24.3 Å². The number of hydrogen-bond acceptors (Lipinski definition) is 7. The molecule has 0 spiro atoms.